The minimum Gasteiger partial charge on any atom is -0.490 e. The Morgan fingerprint density at radius 3 is 2.39 bits per heavy atom. The average molecular weight is 428 g/mol. The zero-order chi connectivity index (χ0) is 22.2. The van der Waals surface area contributed by atoms with E-state index in [1.54, 1.807) is 12.1 Å². The van der Waals surface area contributed by atoms with E-state index in [9.17, 15) is 8.78 Å². The minimum absolute atomic E-state index is 0.0824. The van der Waals surface area contributed by atoms with Crippen LogP contribution in [0.1, 0.15) is 38.7 Å². The fourth-order valence-electron chi connectivity index (χ4n) is 3.53. The van der Waals surface area contributed by atoms with Gasteiger partial charge in [0.05, 0.1) is 0 Å². The molecule has 0 heterocycles. The summed E-state index contributed by atoms with van der Waals surface area (Å²) in [5.41, 5.74) is 1.99. The van der Waals surface area contributed by atoms with Crippen LogP contribution in [0.4, 0.5) is 13.2 Å². The summed E-state index contributed by atoms with van der Waals surface area (Å²) >= 11 is 0. The molecule has 0 bridgehead atoms. The first-order chi connectivity index (χ1) is 15.0. The van der Waals surface area contributed by atoms with Crippen molar-refractivity contribution in [1.29, 1.82) is 0 Å². The van der Waals surface area contributed by atoms with Gasteiger partial charge >= 0.3 is 6.61 Å². The fraction of sp³-hybridized carbons (Fsp3) is 0.308. The number of unbranched alkanes of at least 4 members (excludes halogenated alkanes) is 2. The number of rotatable bonds is 10. The van der Waals surface area contributed by atoms with Gasteiger partial charge in [0.2, 0.25) is 0 Å². The first-order valence-corrected chi connectivity index (χ1v) is 10.6. The summed E-state index contributed by atoms with van der Waals surface area (Å²) in [5, 5.41) is 0.932. The third kappa shape index (κ3) is 5.81. The van der Waals surface area contributed by atoms with Crippen LogP contribution in [0.15, 0.2) is 60.7 Å². The molecule has 3 aromatic carbocycles. The van der Waals surface area contributed by atoms with Crippen molar-refractivity contribution in [3.63, 3.8) is 0 Å². The van der Waals surface area contributed by atoms with Crippen LogP contribution in [-0.4, -0.2) is 13.2 Å². The van der Waals surface area contributed by atoms with Crippen LogP contribution in [0, 0.1) is 5.82 Å². The Morgan fingerprint density at radius 2 is 1.71 bits per heavy atom. The van der Waals surface area contributed by atoms with Crippen molar-refractivity contribution in [3.05, 3.63) is 72.1 Å². The Bertz CT molecular complexity index is 1030. The normalized spacial score (nSPS) is 11.5. The standard InChI is InChI=1S/C26H27F3O2/c1-3-5-7-8-23-24(31-26(28)29)17-20-16-19(11-14-22(20)25(23)27)18-9-12-21(13-10-18)30-15-6-4-2/h4,6,9-14,16-17,26H,3,5,7-8,15H2,1-2H3. The van der Waals surface area contributed by atoms with Gasteiger partial charge in [0, 0.05) is 10.9 Å². The van der Waals surface area contributed by atoms with E-state index in [-0.39, 0.29) is 11.3 Å². The van der Waals surface area contributed by atoms with Gasteiger partial charge in [-0.3, -0.25) is 0 Å². The number of allylic oxidation sites excluding steroid dienone is 1. The molecule has 0 radical (unpaired) electrons. The summed E-state index contributed by atoms with van der Waals surface area (Å²) in [6.07, 6.45) is 6.79. The van der Waals surface area contributed by atoms with Gasteiger partial charge in [0.25, 0.3) is 0 Å². The molecule has 3 rings (SSSR count). The summed E-state index contributed by atoms with van der Waals surface area (Å²) in [5.74, 6) is 0.183. The van der Waals surface area contributed by atoms with Crippen molar-refractivity contribution >= 4 is 10.8 Å². The summed E-state index contributed by atoms with van der Waals surface area (Å²) < 4.78 is 51.4. The molecule has 0 spiro atoms. The number of alkyl halides is 2. The van der Waals surface area contributed by atoms with E-state index in [4.69, 9.17) is 4.74 Å². The first kappa shape index (κ1) is 22.7. The van der Waals surface area contributed by atoms with E-state index in [1.807, 2.05) is 56.3 Å². The molecule has 0 N–H and O–H groups in total. The number of halogens is 3. The van der Waals surface area contributed by atoms with E-state index in [2.05, 4.69) is 4.74 Å². The van der Waals surface area contributed by atoms with Crippen LogP contribution in [0.2, 0.25) is 0 Å². The summed E-state index contributed by atoms with van der Waals surface area (Å²) in [6, 6.07) is 14.4. The smallest absolute Gasteiger partial charge is 0.387 e. The highest BCUT2D eigenvalue weighted by molar-refractivity contribution is 5.90. The molecule has 0 saturated carbocycles. The zero-order valence-electron chi connectivity index (χ0n) is 17.8. The number of hydrogen-bond donors (Lipinski definition) is 0. The van der Waals surface area contributed by atoms with Gasteiger partial charge in [-0.15, -0.1) is 0 Å². The quantitative estimate of drug-likeness (QED) is 0.241. The van der Waals surface area contributed by atoms with E-state index in [1.165, 1.54) is 6.07 Å². The predicted octanol–water partition coefficient (Wildman–Crippen LogP) is 7.93. The lowest BCUT2D eigenvalue weighted by molar-refractivity contribution is -0.0505. The number of hydrogen-bond acceptors (Lipinski definition) is 2. The molecule has 0 aromatic heterocycles. The van der Waals surface area contributed by atoms with Gasteiger partial charge in [0.1, 0.15) is 23.9 Å². The Hall–Kier alpha value is -2.95. The molecule has 5 heteroatoms. The molecule has 0 fully saturated rings. The highest BCUT2D eigenvalue weighted by Gasteiger charge is 2.18. The Kier molecular flexibility index (Phi) is 7.99. The van der Waals surface area contributed by atoms with Gasteiger partial charge in [-0.05, 0) is 60.5 Å². The molecule has 0 aliphatic carbocycles. The maximum absolute atomic E-state index is 15.2. The predicted molar refractivity (Wildman–Crippen MR) is 120 cm³/mol. The minimum atomic E-state index is -3.00. The number of ether oxygens (including phenoxy) is 2. The first-order valence-electron chi connectivity index (χ1n) is 10.6. The van der Waals surface area contributed by atoms with E-state index in [0.717, 1.165) is 36.1 Å². The maximum Gasteiger partial charge on any atom is 0.387 e. The zero-order valence-corrected chi connectivity index (χ0v) is 17.8. The second-order valence-corrected chi connectivity index (χ2v) is 7.34. The molecule has 0 saturated heterocycles. The average Bonchev–Trinajstić information content (AvgIpc) is 2.76. The van der Waals surface area contributed by atoms with Crippen LogP contribution in [0.5, 0.6) is 11.5 Å². The third-order valence-electron chi connectivity index (χ3n) is 5.15. The lowest BCUT2D eigenvalue weighted by Gasteiger charge is -2.15. The Labute approximate surface area is 181 Å². The Morgan fingerprint density at radius 1 is 0.968 bits per heavy atom. The molecule has 0 atom stereocenters. The summed E-state index contributed by atoms with van der Waals surface area (Å²) in [6.45, 7) is 1.47. The highest BCUT2D eigenvalue weighted by Crippen LogP contribution is 2.35. The Balaban J connectivity index is 1.94. The maximum atomic E-state index is 15.2. The molecule has 0 amide bonds. The topological polar surface area (TPSA) is 18.5 Å². The summed E-state index contributed by atoms with van der Waals surface area (Å²) in [7, 11) is 0. The molecule has 0 aliphatic heterocycles. The monoisotopic (exact) mass is 428 g/mol. The van der Waals surface area contributed by atoms with Crippen molar-refractivity contribution < 1.29 is 22.6 Å². The molecular formula is C26H27F3O2. The van der Waals surface area contributed by atoms with Crippen LogP contribution in [0.25, 0.3) is 21.9 Å². The molecule has 2 nitrogen and oxygen atoms in total. The van der Waals surface area contributed by atoms with Gasteiger partial charge in [-0.2, -0.15) is 8.78 Å². The van der Waals surface area contributed by atoms with Crippen molar-refractivity contribution in [2.24, 2.45) is 0 Å². The fourth-order valence-corrected chi connectivity index (χ4v) is 3.53. The van der Waals surface area contributed by atoms with Gasteiger partial charge < -0.3 is 9.47 Å². The van der Waals surface area contributed by atoms with Crippen LogP contribution >= 0.6 is 0 Å². The second kappa shape index (κ2) is 10.9. The molecule has 31 heavy (non-hydrogen) atoms. The molecule has 164 valence electrons. The van der Waals surface area contributed by atoms with Crippen molar-refractivity contribution in [2.75, 3.05) is 6.61 Å². The van der Waals surface area contributed by atoms with Crippen molar-refractivity contribution in [2.45, 2.75) is 46.1 Å². The molecule has 0 unspecified atom stereocenters. The number of benzene rings is 3. The highest BCUT2D eigenvalue weighted by atomic mass is 19.3. The van der Waals surface area contributed by atoms with Gasteiger partial charge in [0.15, 0.2) is 0 Å². The molecule has 3 aromatic rings. The lowest BCUT2D eigenvalue weighted by atomic mass is 9.97. The molecule has 0 aliphatic rings. The third-order valence-corrected chi connectivity index (χ3v) is 5.15. The summed E-state index contributed by atoms with van der Waals surface area (Å²) in [4.78, 5) is 0. The lowest BCUT2D eigenvalue weighted by Crippen LogP contribution is -2.06. The second-order valence-electron chi connectivity index (χ2n) is 7.34. The number of fused-ring (bicyclic) bond motifs is 1. The molecular weight excluding hydrogens is 401 g/mol. The SMILES string of the molecule is CC=CCOc1ccc(-c2ccc3c(F)c(CCCCC)c(OC(F)F)cc3c2)cc1. The largest absolute Gasteiger partial charge is 0.490 e. The van der Waals surface area contributed by atoms with Crippen LogP contribution in [-0.2, 0) is 6.42 Å². The van der Waals surface area contributed by atoms with E-state index in [0.29, 0.717) is 23.8 Å². The van der Waals surface area contributed by atoms with Gasteiger partial charge in [-0.25, -0.2) is 4.39 Å². The van der Waals surface area contributed by atoms with E-state index < -0.39 is 12.4 Å². The van der Waals surface area contributed by atoms with Crippen LogP contribution < -0.4 is 9.47 Å². The van der Waals surface area contributed by atoms with Gasteiger partial charge in [-0.1, -0.05) is 56.2 Å². The van der Waals surface area contributed by atoms with Crippen molar-refractivity contribution in [3.8, 4) is 22.6 Å². The van der Waals surface area contributed by atoms with E-state index >= 15 is 4.39 Å². The van der Waals surface area contributed by atoms with Crippen LogP contribution in [0.3, 0.4) is 0 Å². The van der Waals surface area contributed by atoms with Crippen molar-refractivity contribution in [1.82, 2.24) is 0 Å².